The van der Waals surface area contributed by atoms with Crippen LogP contribution in [-0.2, 0) is 6.54 Å². The fraction of sp³-hybridized carbons (Fsp3) is 0.615. The predicted molar refractivity (Wildman–Crippen MR) is 79.0 cm³/mol. The van der Waals surface area contributed by atoms with Crippen LogP contribution in [0.25, 0.3) is 0 Å². The Morgan fingerprint density at radius 3 is 2.83 bits per heavy atom. The third kappa shape index (κ3) is 3.22. The number of nitrogens with one attached hydrogen (secondary N) is 2. The van der Waals surface area contributed by atoms with Gasteiger partial charge in [0.15, 0.2) is 5.11 Å². The normalized spacial score (nSPS) is 21.0. The van der Waals surface area contributed by atoms with Crippen LogP contribution in [0.3, 0.4) is 0 Å². The predicted octanol–water partition coefficient (Wildman–Crippen LogP) is 0.486. The van der Waals surface area contributed by atoms with E-state index in [-0.39, 0.29) is 0 Å². The molecule has 2 fully saturated rings. The average molecular weight is 282 g/mol. The third-order valence-corrected chi connectivity index (χ3v) is 4.81. The molecule has 2 N–H and O–H groups in total. The SMILES string of the molecule is S=C(NC1CC1)N1CC[NH+](Cc2ccsc2)CC1. The molecule has 1 aromatic heterocycles. The van der Waals surface area contributed by atoms with Crippen molar-refractivity contribution in [1.82, 2.24) is 10.2 Å². The number of thiophene rings is 1. The minimum atomic E-state index is 0.675. The summed E-state index contributed by atoms with van der Waals surface area (Å²) in [5, 5.41) is 8.84. The Morgan fingerprint density at radius 2 is 2.22 bits per heavy atom. The number of piperazine rings is 1. The molecule has 3 rings (SSSR count). The van der Waals surface area contributed by atoms with Crippen LogP contribution in [0.2, 0.25) is 0 Å². The number of nitrogens with zero attached hydrogens (tertiary/aromatic N) is 1. The Balaban J connectivity index is 1.44. The van der Waals surface area contributed by atoms with E-state index >= 15 is 0 Å². The third-order valence-electron chi connectivity index (χ3n) is 3.70. The van der Waals surface area contributed by atoms with Crippen LogP contribution in [0.1, 0.15) is 18.4 Å². The van der Waals surface area contributed by atoms with Gasteiger partial charge in [-0.05, 0) is 41.9 Å². The van der Waals surface area contributed by atoms with E-state index < -0.39 is 0 Å². The van der Waals surface area contributed by atoms with Crippen LogP contribution in [0, 0.1) is 0 Å². The van der Waals surface area contributed by atoms with E-state index in [0.717, 1.165) is 18.2 Å². The van der Waals surface area contributed by atoms with E-state index in [2.05, 4.69) is 27.0 Å². The van der Waals surface area contributed by atoms with Crippen molar-refractivity contribution in [2.75, 3.05) is 26.2 Å². The summed E-state index contributed by atoms with van der Waals surface area (Å²) in [6.45, 7) is 5.75. The summed E-state index contributed by atoms with van der Waals surface area (Å²) in [4.78, 5) is 4.02. The van der Waals surface area contributed by atoms with E-state index in [9.17, 15) is 0 Å². The van der Waals surface area contributed by atoms with Gasteiger partial charge < -0.3 is 15.1 Å². The molecular weight excluding hydrogens is 262 g/mol. The van der Waals surface area contributed by atoms with Crippen molar-refractivity contribution in [2.24, 2.45) is 0 Å². The summed E-state index contributed by atoms with van der Waals surface area (Å²) < 4.78 is 0. The van der Waals surface area contributed by atoms with Crippen molar-refractivity contribution in [1.29, 1.82) is 0 Å². The minimum absolute atomic E-state index is 0.675. The number of hydrogen-bond donors (Lipinski definition) is 2. The number of rotatable bonds is 3. The molecule has 18 heavy (non-hydrogen) atoms. The molecule has 3 nitrogen and oxygen atoms in total. The van der Waals surface area contributed by atoms with Crippen molar-refractivity contribution in [2.45, 2.75) is 25.4 Å². The van der Waals surface area contributed by atoms with Crippen LogP contribution >= 0.6 is 23.6 Å². The Kier molecular flexibility index (Phi) is 3.82. The first-order valence-electron chi connectivity index (χ1n) is 6.71. The highest BCUT2D eigenvalue weighted by molar-refractivity contribution is 7.80. The van der Waals surface area contributed by atoms with Gasteiger partial charge in [0.25, 0.3) is 0 Å². The fourth-order valence-corrected chi connectivity index (χ4v) is 3.40. The van der Waals surface area contributed by atoms with Crippen LogP contribution in [-0.4, -0.2) is 42.2 Å². The molecule has 1 saturated heterocycles. The topological polar surface area (TPSA) is 19.7 Å². The van der Waals surface area contributed by atoms with Crippen molar-refractivity contribution >= 4 is 28.7 Å². The average Bonchev–Trinajstić information content (AvgIpc) is 3.04. The Bertz CT molecular complexity index is 392. The zero-order valence-corrected chi connectivity index (χ0v) is 12.2. The molecule has 0 unspecified atom stereocenters. The van der Waals surface area contributed by atoms with Gasteiger partial charge in [-0.2, -0.15) is 11.3 Å². The molecule has 0 bridgehead atoms. The van der Waals surface area contributed by atoms with Crippen molar-refractivity contribution < 1.29 is 4.90 Å². The molecule has 0 aromatic carbocycles. The first-order valence-corrected chi connectivity index (χ1v) is 8.06. The minimum Gasteiger partial charge on any atom is -0.360 e. The van der Waals surface area contributed by atoms with Gasteiger partial charge in [-0.25, -0.2) is 0 Å². The highest BCUT2D eigenvalue weighted by Crippen LogP contribution is 2.18. The molecule has 1 aromatic rings. The van der Waals surface area contributed by atoms with Gasteiger partial charge in [0.1, 0.15) is 6.54 Å². The first-order chi connectivity index (χ1) is 8.81. The maximum atomic E-state index is 5.45. The lowest BCUT2D eigenvalue weighted by atomic mass is 10.2. The molecule has 1 aliphatic carbocycles. The highest BCUT2D eigenvalue weighted by atomic mass is 32.1. The van der Waals surface area contributed by atoms with E-state index in [1.165, 1.54) is 38.0 Å². The van der Waals surface area contributed by atoms with Gasteiger partial charge in [0.2, 0.25) is 0 Å². The second kappa shape index (κ2) is 5.55. The largest absolute Gasteiger partial charge is 0.360 e. The van der Waals surface area contributed by atoms with Crippen LogP contribution in [0.15, 0.2) is 16.8 Å². The van der Waals surface area contributed by atoms with E-state index in [1.807, 2.05) is 0 Å². The lowest BCUT2D eigenvalue weighted by Crippen LogP contribution is -3.13. The molecule has 2 heterocycles. The maximum Gasteiger partial charge on any atom is 0.169 e. The van der Waals surface area contributed by atoms with Gasteiger partial charge in [-0.1, -0.05) is 0 Å². The van der Waals surface area contributed by atoms with E-state index in [4.69, 9.17) is 12.2 Å². The molecule has 0 radical (unpaired) electrons. The fourth-order valence-electron chi connectivity index (χ4n) is 2.38. The molecule has 98 valence electrons. The number of quaternary nitrogens is 1. The number of thiocarbonyl (C=S) groups is 1. The highest BCUT2D eigenvalue weighted by Gasteiger charge is 2.26. The van der Waals surface area contributed by atoms with Crippen LogP contribution < -0.4 is 10.2 Å². The molecule has 1 saturated carbocycles. The molecule has 0 atom stereocenters. The molecule has 0 amide bonds. The molecule has 1 aliphatic heterocycles. The quantitative estimate of drug-likeness (QED) is 0.787. The number of hydrogen-bond acceptors (Lipinski definition) is 2. The van der Waals surface area contributed by atoms with Gasteiger partial charge in [0.05, 0.1) is 26.2 Å². The summed E-state index contributed by atoms with van der Waals surface area (Å²) in [7, 11) is 0. The van der Waals surface area contributed by atoms with E-state index in [1.54, 1.807) is 16.2 Å². The zero-order valence-electron chi connectivity index (χ0n) is 10.5. The molecule has 5 heteroatoms. The first kappa shape index (κ1) is 12.4. The lowest BCUT2D eigenvalue weighted by Gasteiger charge is -2.33. The van der Waals surface area contributed by atoms with Gasteiger partial charge in [-0.15, -0.1) is 0 Å². The van der Waals surface area contributed by atoms with Gasteiger partial charge in [-0.3, -0.25) is 0 Å². The Hall–Kier alpha value is -0.650. The van der Waals surface area contributed by atoms with Crippen molar-refractivity contribution in [3.63, 3.8) is 0 Å². The summed E-state index contributed by atoms with van der Waals surface area (Å²) >= 11 is 7.24. The van der Waals surface area contributed by atoms with Crippen LogP contribution in [0.4, 0.5) is 0 Å². The van der Waals surface area contributed by atoms with Gasteiger partial charge >= 0.3 is 0 Å². The van der Waals surface area contributed by atoms with E-state index in [0.29, 0.717) is 6.04 Å². The summed E-state index contributed by atoms with van der Waals surface area (Å²) in [5.41, 5.74) is 1.47. The van der Waals surface area contributed by atoms with Crippen LogP contribution in [0.5, 0.6) is 0 Å². The summed E-state index contributed by atoms with van der Waals surface area (Å²) in [6.07, 6.45) is 2.59. The maximum absolute atomic E-state index is 5.45. The van der Waals surface area contributed by atoms with Gasteiger partial charge in [0, 0.05) is 11.6 Å². The standard InChI is InChI=1S/C13H19N3S2/c17-13(14-12-1-2-12)16-6-4-15(5-7-16)9-11-3-8-18-10-11/h3,8,10,12H,1-2,4-7,9H2,(H,14,17)/p+1. The Labute approximate surface area is 118 Å². The molecule has 2 aliphatic rings. The zero-order chi connectivity index (χ0) is 12.4. The van der Waals surface area contributed by atoms with Crippen molar-refractivity contribution in [3.05, 3.63) is 22.4 Å². The molecular formula is C13H20N3S2+. The second-order valence-electron chi connectivity index (χ2n) is 5.27. The monoisotopic (exact) mass is 282 g/mol. The second-order valence-corrected chi connectivity index (χ2v) is 6.44. The summed E-state index contributed by atoms with van der Waals surface area (Å²) in [6, 6.07) is 2.91. The molecule has 0 spiro atoms. The lowest BCUT2D eigenvalue weighted by molar-refractivity contribution is -0.917. The summed E-state index contributed by atoms with van der Waals surface area (Å²) in [5.74, 6) is 0. The van der Waals surface area contributed by atoms with Crippen molar-refractivity contribution in [3.8, 4) is 0 Å². The smallest absolute Gasteiger partial charge is 0.169 e. The Morgan fingerprint density at radius 1 is 1.44 bits per heavy atom.